The van der Waals surface area contributed by atoms with E-state index in [-0.39, 0.29) is 11.9 Å². The van der Waals surface area contributed by atoms with E-state index in [1.807, 2.05) is 16.3 Å². The fourth-order valence-corrected chi connectivity index (χ4v) is 4.10. The van der Waals surface area contributed by atoms with Crippen LogP contribution in [0.2, 0.25) is 0 Å². The van der Waals surface area contributed by atoms with Crippen LogP contribution in [-0.4, -0.2) is 35.6 Å². The van der Waals surface area contributed by atoms with Crippen LogP contribution in [0.3, 0.4) is 0 Å². The normalized spacial score (nSPS) is 19.8. The number of aliphatic hydroxyl groups excluding tert-OH is 1. The summed E-state index contributed by atoms with van der Waals surface area (Å²) in [6.45, 7) is 0.718. The number of carbonyl (C=O) groups excluding carboxylic acids is 1. The summed E-state index contributed by atoms with van der Waals surface area (Å²) >= 11 is 1.40. The molecule has 1 aliphatic rings. The Balaban J connectivity index is 1.78. The van der Waals surface area contributed by atoms with Gasteiger partial charge in [0.05, 0.1) is 13.4 Å². The highest BCUT2D eigenvalue weighted by molar-refractivity contribution is 7.12. The average Bonchev–Trinajstić information content (AvgIpc) is 3.23. The zero-order valence-electron chi connectivity index (χ0n) is 13.8. The van der Waals surface area contributed by atoms with Crippen molar-refractivity contribution in [2.24, 2.45) is 0 Å². The summed E-state index contributed by atoms with van der Waals surface area (Å²) in [5.41, 5.74) is 0. The number of likely N-dealkylation sites (tertiary alicyclic amines) is 1. The molecule has 0 saturated carbocycles. The molecule has 2 unspecified atom stereocenters. The molecule has 0 radical (unpaired) electrons. The molecule has 0 aliphatic carbocycles. The van der Waals surface area contributed by atoms with Crippen molar-refractivity contribution in [1.29, 1.82) is 0 Å². The number of thiophene rings is 1. The molecule has 24 heavy (non-hydrogen) atoms. The Morgan fingerprint density at radius 1 is 1.46 bits per heavy atom. The summed E-state index contributed by atoms with van der Waals surface area (Å²) in [5.74, 6) is 1.18. The lowest BCUT2D eigenvalue weighted by Crippen LogP contribution is -2.40. The van der Waals surface area contributed by atoms with Gasteiger partial charge in [-0.2, -0.15) is 0 Å². The topological polar surface area (TPSA) is 62.9 Å². The Hall–Kier alpha value is -1.79. The van der Waals surface area contributed by atoms with E-state index < -0.39 is 6.10 Å². The highest BCUT2D eigenvalue weighted by Gasteiger charge is 2.31. The van der Waals surface area contributed by atoms with E-state index in [9.17, 15) is 9.90 Å². The Bertz CT molecular complexity index is 652. The van der Waals surface area contributed by atoms with E-state index in [1.165, 1.54) is 11.3 Å². The van der Waals surface area contributed by atoms with Crippen molar-refractivity contribution in [3.8, 4) is 5.75 Å². The molecule has 1 aliphatic heterocycles. The molecule has 1 fully saturated rings. The number of amides is 1. The maximum absolute atomic E-state index is 13.0. The Morgan fingerprint density at radius 3 is 3.08 bits per heavy atom. The van der Waals surface area contributed by atoms with Gasteiger partial charge in [0.1, 0.15) is 22.5 Å². The Kier molecular flexibility index (Phi) is 5.58. The number of hydrogen-bond donors (Lipinski definition) is 1. The third-order valence-electron chi connectivity index (χ3n) is 4.55. The predicted octanol–water partition coefficient (Wildman–Crippen LogP) is 3.86. The van der Waals surface area contributed by atoms with Gasteiger partial charge in [0.25, 0.3) is 5.91 Å². The fraction of sp³-hybridized carbons (Fsp3) is 0.500. The van der Waals surface area contributed by atoms with Gasteiger partial charge in [0.2, 0.25) is 0 Å². The van der Waals surface area contributed by atoms with E-state index >= 15 is 0 Å². The van der Waals surface area contributed by atoms with Crippen molar-refractivity contribution < 1.29 is 19.1 Å². The lowest BCUT2D eigenvalue weighted by atomic mass is 10.0. The van der Waals surface area contributed by atoms with Crippen LogP contribution in [0.4, 0.5) is 0 Å². The first kappa shape index (κ1) is 17.0. The van der Waals surface area contributed by atoms with E-state index in [0.717, 1.165) is 32.2 Å². The van der Waals surface area contributed by atoms with Gasteiger partial charge < -0.3 is 19.2 Å². The summed E-state index contributed by atoms with van der Waals surface area (Å²) in [4.78, 5) is 15.6. The number of methoxy groups -OCH3 is 1. The number of nitrogens with zero attached hydrogens (tertiary/aromatic N) is 1. The van der Waals surface area contributed by atoms with Crippen LogP contribution >= 0.6 is 11.3 Å². The molecule has 1 saturated heterocycles. The van der Waals surface area contributed by atoms with Crippen molar-refractivity contribution in [2.45, 2.75) is 44.2 Å². The summed E-state index contributed by atoms with van der Waals surface area (Å²) in [5, 5.41) is 12.3. The molecular formula is C18H23NO4S. The molecule has 5 nitrogen and oxygen atoms in total. The zero-order chi connectivity index (χ0) is 16.9. The first-order valence-corrected chi connectivity index (χ1v) is 9.22. The number of furan rings is 1. The Morgan fingerprint density at radius 2 is 2.33 bits per heavy atom. The molecule has 0 aromatic carbocycles. The largest absolute Gasteiger partial charge is 0.495 e. The molecule has 0 bridgehead atoms. The first-order chi connectivity index (χ1) is 11.7. The van der Waals surface area contributed by atoms with Crippen LogP contribution in [0.15, 0.2) is 34.3 Å². The number of hydrogen-bond acceptors (Lipinski definition) is 5. The summed E-state index contributed by atoms with van der Waals surface area (Å²) < 4.78 is 10.6. The second kappa shape index (κ2) is 7.85. The quantitative estimate of drug-likeness (QED) is 0.890. The van der Waals surface area contributed by atoms with Crippen LogP contribution in [0.25, 0.3) is 0 Å². The second-order valence-electron chi connectivity index (χ2n) is 6.09. The summed E-state index contributed by atoms with van der Waals surface area (Å²) in [7, 11) is 1.58. The van der Waals surface area contributed by atoms with Crippen LogP contribution < -0.4 is 4.74 Å². The average molecular weight is 349 g/mol. The minimum Gasteiger partial charge on any atom is -0.495 e. The van der Waals surface area contributed by atoms with Gasteiger partial charge in [-0.3, -0.25) is 4.79 Å². The van der Waals surface area contributed by atoms with Gasteiger partial charge in [-0.15, -0.1) is 11.3 Å². The number of rotatable bonds is 5. The summed E-state index contributed by atoms with van der Waals surface area (Å²) in [6.07, 6.45) is 5.44. The molecule has 1 N–H and O–H groups in total. The van der Waals surface area contributed by atoms with Crippen LogP contribution in [0.5, 0.6) is 5.75 Å². The molecule has 2 atom stereocenters. The molecule has 2 aromatic rings. The monoisotopic (exact) mass is 349 g/mol. The van der Waals surface area contributed by atoms with Gasteiger partial charge >= 0.3 is 0 Å². The third-order valence-corrected chi connectivity index (χ3v) is 5.43. The molecule has 0 spiro atoms. The van der Waals surface area contributed by atoms with Gasteiger partial charge in [-0.25, -0.2) is 0 Å². The molecule has 130 valence electrons. The molecule has 6 heteroatoms. The standard InChI is InChI=1S/C18H23NO4S/c1-22-16-8-11-24-17(16)18(21)19-9-4-2-3-6-13(19)12-14(20)15-7-5-10-23-15/h5,7-8,10-11,13-14,20H,2-4,6,9,12H2,1H3. The highest BCUT2D eigenvalue weighted by atomic mass is 32.1. The van der Waals surface area contributed by atoms with Gasteiger partial charge in [-0.1, -0.05) is 12.8 Å². The van der Waals surface area contributed by atoms with Gasteiger partial charge in [0.15, 0.2) is 0 Å². The first-order valence-electron chi connectivity index (χ1n) is 8.34. The minimum atomic E-state index is -0.691. The van der Waals surface area contributed by atoms with E-state index in [0.29, 0.717) is 22.8 Å². The minimum absolute atomic E-state index is 0.000366. The van der Waals surface area contributed by atoms with Gasteiger partial charge in [0, 0.05) is 19.0 Å². The van der Waals surface area contributed by atoms with Crippen molar-refractivity contribution in [2.75, 3.05) is 13.7 Å². The SMILES string of the molecule is COc1ccsc1C(=O)N1CCCCCC1CC(O)c1ccco1. The van der Waals surface area contributed by atoms with Crippen molar-refractivity contribution in [3.05, 3.63) is 40.5 Å². The van der Waals surface area contributed by atoms with Crippen molar-refractivity contribution >= 4 is 17.2 Å². The van der Waals surface area contributed by atoms with Crippen molar-refractivity contribution in [1.82, 2.24) is 4.90 Å². The van der Waals surface area contributed by atoms with E-state index in [2.05, 4.69) is 0 Å². The maximum Gasteiger partial charge on any atom is 0.267 e. The lowest BCUT2D eigenvalue weighted by Gasteiger charge is -2.31. The molecule has 2 aromatic heterocycles. The Labute approximate surface area is 145 Å². The zero-order valence-corrected chi connectivity index (χ0v) is 14.6. The van der Waals surface area contributed by atoms with Crippen LogP contribution in [-0.2, 0) is 0 Å². The number of aliphatic hydroxyl groups is 1. The predicted molar refractivity (Wildman–Crippen MR) is 92.4 cm³/mol. The third kappa shape index (κ3) is 3.65. The van der Waals surface area contributed by atoms with Crippen molar-refractivity contribution in [3.63, 3.8) is 0 Å². The van der Waals surface area contributed by atoms with E-state index in [1.54, 1.807) is 25.5 Å². The molecule has 1 amide bonds. The fourth-order valence-electron chi connectivity index (χ4n) is 3.29. The number of ether oxygens (including phenoxy) is 1. The molecule has 3 heterocycles. The molecule has 3 rings (SSSR count). The van der Waals surface area contributed by atoms with Gasteiger partial charge in [-0.05, 0) is 36.4 Å². The maximum atomic E-state index is 13.0. The smallest absolute Gasteiger partial charge is 0.267 e. The second-order valence-corrected chi connectivity index (χ2v) is 7.00. The number of carbonyl (C=O) groups is 1. The van der Waals surface area contributed by atoms with Crippen LogP contribution in [0, 0.1) is 0 Å². The highest BCUT2D eigenvalue weighted by Crippen LogP contribution is 2.31. The van der Waals surface area contributed by atoms with Crippen LogP contribution in [0.1, 0.15) is 53.6 Å². The lowest BCUT2D eigenvalue weighted by molar-refractivity contribution is 0.0559. The van der Waals surface area contributed by atoms with E-state index in [4.69, 9.17) is 9.15 Å². The molecular weight excluding hydrogens is 326 g/mol. The summed E-state index contributed by atoms with van der Waals surface area (Å²) in [6, 6.07) is 5.37.